The fourth-order valence-electron chi connectivity index (χ4n) is 1.20. The molecule has 6 nitrogen and oxygen atoms in total. The first-order valence-electron chi connectivity index (χ1n) is 5.53. The van der Waals surface area contributed by atoms with E-state index in [-0.39, 0.29) is 11.3 Å². The molecule has 0 radical (unpaired) electrons. The summed E-state index contributed by atoms with van der Waals surface area (Å²) in [5.41, 5.74) is 11.4. The summed E-state index contributed by atoms with van der Waals surface area (Å²) < 4.78 is 35.5. The van der Waals surface area contributed by atoms with E-state index in [1.807, 2.05) is 0 Å². The molecule has 1 aromatic carbocycles. The maximum Gasteiger partial charge on any atom is 0.443 e. The minimum atomic E-state index is -4.56. The van der Waals surface area contributed by atoms with Crippen LogP contribution >= 0.6 is 11.3 Å². The highest BCUT2D eigenvalue weighted by molar-refractivity contribution is 7.13. The van der Waals surface area contributed by atoms with E-state index in [1.165, 1.54) is 0 Å². The van der Waals surface area contributed by atoms with Gasteiger partial charge in [-0.1, -0.05) is 6.07 Å². The van der Waals surface area contributed by atoms with Crippen LogP contribution in [0.2, 0.25) is 0 Å². The number of carboxylic acid groups (broad SMARTS) is 1. The van der Waals surface area contributed by atoms with Crippen molar-refractivity contribution in [3.8, 4) is 0 Å². The second-order valence-corrected chi connectivity index (χ2v) is 4.85. The molecule has 0 saturated carbocycles. The number of nitrogens with two attached hydrogens (primary N) is 2. The van der Waals surface area contributed by atoms with Gasteiger partial charge in [-0.05, 0) is 18.2 Å². The Balaban J connectivity index is 0.000000224. The molecule has 0 spiro atoms. The van der Waals surface area contributed by atoms with Crippen molar-refractivity contribution < 1.29 is 27.9 Å². The molecule has 0 bridgehead atoms. The van der Waals surface area contributed by atoms with Crippen molar-refractivity contribution in [2.45, 2.75) is 6.18 Å². The third-order valence-corrected chi connectivity index (χ3v) is 3.16. The summed E-state index contributed by atoms with van der Waals surface area (Å²) in [4.78, 5) is 23.2. The fraction of sp³-hybridized carbons (Fsp3) is 0.0833. The Morgan fingerprint density at radius 1 is 1.27 bits per heavy atom. The summed E-state index contributed by atoms with van der Waals surface area (Å²) in [6, 6.07) is 6.56. The second kappa shape index (κ2) is 6.89. The number of benzene rings is 1. The van der Waals surface area contributed by atoms with Gasteiger partial charge in [0.1, 0.15) is 4.88 Å². The molecule has 118 valence electrons. The predicted octanol–water partition coefficient (Wildman–Crippen LogP) is 2.23. The van der Waals surface area contributed by atoms with E-state index in [4.69, 9.17) is 16.6 Å². The fourth-order valence-corrected chi connectivity index (χ4v) is 1.82. The molecule has 0 aliphatic carbocycles. The summed E-state index contributed by atoms with van der Waals surface area (Å²) in [5.74, 6) is -1.85. The van der Waals surface area contributed by atoms with Gasteiger partial charge in [0.15, 0.2) is 5.01 Å². The maximum absolute atomic E-state index is 11.8. The van der Waals surface area contributed by atoms with Gasteiger partial charge in [0.05, 0.1) is 6.20 Å². The number of aromatic carboxylic acids is 1. The first-order valence-corrected chi connectivity index (χ1v) is 6.34. The van der Waals surface area contributed by atoms with Crippen LogP contribution in [0.25, 0.3) is 0 Å². The molecule has 0 saturated heterocycles. The molecule has 1 heterocycles. The van der Waals surface area contributed by atoms with Gasteiger partial charge in [0, 0.05) is 11.3 Å². The standard InChI is InChI=1S/C7H8N2O.C5H2F3NO2S/c8-6-3-1-2-5(4-6)7(9)10;6-5(7,8)4-9-1-2(12-4)3(10)11/h1-4H,8H2,(H2,9,10);1H,(H,10,11). The molecular formula is C12H10F3N3O3S. The van der Waals surface area contributed by atoms with Gasteiger partial charge in [0.25, 0.3) is 0 Å². The molecule has 2 aromatic rings. The van der Waals surface area contributed by atoms with E-state index < -0.39 is 27.9 Å². The van der Waals surface area contributed by atoms with Crippen molar-refractivity contribution in [2.24, 2.45) is 5.73 Å². The lowest BCUT2D eigenvalue weighted by Crippen LogP contribution is -2.10. The van der Waals surface area contributed by atoms with Crippen molar-refractivity contribution in [3.63, 3.8) is 0 Å². The molecule has 0 aliphatic rings. The molecule has 22 heavy (non-hydrogen) atoms. The van der Waals surface area contributed by atoms with Crippen LogP contribution in [-0.4, -0.2) is 22.0 Å². The maximum atomic E-state index is 11.8. The van der Waals surface area contributed by atoms with Crippen LogP contribution in [-0.2, 0) is 6.18 Å². The van der Waals surface area contributed by atoms with Crippen LogP contribution in [0.15, 0.2) is 30.5 Å². The zero-order valence-corrected chi connectivity index (χ0v) is 11.6. The number of carbonyl (C=O) groups is 2. The quantitative estimate of drug-likeness (QED) is 0.728. The number of halogens is 3. The number of hydrogen-bond acceptors (Lipinski definition) is 5. The van der Waals surface area contributed by atoms with Gasteiger partial charge < -0.3 is 16.6 Å². The van der Waals surface area contributed by atoms with Crippen molar-refractivity contribution in [2.75, 3.05) is 5.73 Å². The topological polar surface area (TPSA) is 119 Å². The minimum Gasteiger partial charge on any atom is -0.477 e. The van der Waals surface area contributed by atoms with Gasteiger partial charge in [-0.15, -0.1) is 11.3 Å². The molecule has 0 unspecified atom stereocenters. The molecule has 0 atom stereocenters. The smallest absolute Gasteiger partial charge is 0.443 e. The molecule has 1 amide bonds. The number of rotatable bonds is 2. The van der Waals surface area contributed by atoms with Gasteiger partial charge in [-0.25, -0.2) is 9.78 Å². The number of primary amides is 1. The van der Waals surface area contributed by atoms with E-state index in [1.54, 1.807) is 24.3 Å². The minimum absolute atomic E-state index is 0.112. The van der Waals surface area contributed by atoms with E-state index in [2.05, 4.69) is 4.98 Å². The zero-order valence-electron chi connectivity index (χ0n) is 10.8. The highest BCUT2D eigenvalue weighted by atomic mass is 32.1. The lowest BCUT2D eigenvalue weighted by atomic mass is 10.2. The number of carbonyl (C=O) groups excluding carboxylic acids is 1. The number of aromatic nitrogens is 1. The summed E-state index contributed by atoms with van der Waals surface area (Å²) in [6.45, 7) is 0. The van der Waals surface area contributed by atoms with Crippen molar-refractivity contribution in [3.05, 3.63) is 45.9 Å². The Kier molecular flexibility index (Phi) is 5.46. The molecular weight excluding hydrogens is 323 g/mol. The lowest BCUT2D eigenvalue weighted by Gasteiger charge is -1.98. The average Bonchev–Trinajstić information content (AvgIpc) is 2.89. The summed E-state index contributed by atoms with van der Waals surface area (Å²) in [6.07, 6.45) is -3.87. The number of thiazole rings is 1. The molecule has 2 rings (SSSR count). The summed E-state index contributed by atoms with van der Waals surface area (Å²) in [5, 5.41) is 7.13. The number of alkyl halides is 3. The highest BCUT2D eigenvalue weighted by Crippen LogP contribution is 2.32. The van der Waals surface area contributed by atoms with E-state index >= 15 is 0 Å². The van der Waals surface area contributed by atoms with Gasteiger partial charge in [-0.2, -0.15) is 13.2 Å². The Hall–Kier alpha value is -2.62. The predicted molar refractivity (Wildman–Crippen MR) is 73.4 cm³/mol. The van der Waals surface area contributed by atoms with Crippen LogP contribution in [0.3, 0.4) is 0 Å². The number of hydrogen-bond donors (Lipinski definition) is 3. The van der Waals surface area contributed by atoms with Gasteiger partial charge in [0.2, 0.25) is 5.91 Å². The number of amides is 1. The average molecular weight is 333 g/mol. The Labute approximate surface area is 126 Å². The molecule has 0 fully saturated rings. The Morgan fingerprint density at radius 3 is 2.23 bits per heavy atom. The lowest BCUT2D eigenvalue weighted by molar-refractivity contribution is -0.137. The van der Waals surface area contributed by atoms with Crippen molar-refractivity contribution in [1.82, 2.24) is 4.98 Å². The summed E-state index contributed by atoms with van der Waals surface area (Å²) >= 11 is 0.112. The van der Waals surface area contributed by atoms with Crippen LogP contribution in [0.5, 0.6) is 0 Å². The third kappa shape index (κ3) is 5.05. The van der Waals surface area contributed by atoms with E-state index in [0.717, 1.165) is 0 Å². The zero-order chi connectivity index (χ0) is 16.9. The number of nitrogen functional groups attached to an aromatic ring is 1. The molecule has 1 aromatic heterocycles. The van der Waals surface area contributed by atoms with Crippen molar-refractivity contribution >= 4 is 28.9 Å². The van der Waals surface area contributed by atoms with Gasteiger partial charge >= 0.3 is 12.1 Å². The monoisotopic (exact) mass is 333 g/mol. The largest absolute Gasteiger partial charge is 0.477 e. The van der Waals surface area contributed by atoms with Gasteiger partial charge in [-0.3, -0.25) is 4.79 Å². The van der Waals surface area contributed by atoms with Crippen LogP contribution in [0.1, 0.15) is 25.0 Å². The van der Waals surface area contributed by atoms with E-state index in [9.17, 15) is 22.8 Å². The Morgan fingerprint density at radius 2 is 1.91 bits per heavy atom. The first-order chi connectivity index (χ1) is 10.1. The molecule has 10 heteroatoms. The number of carboxylic acids is 1. The second-order valence-electron chi connectivity index (χ2n) is 3.82. The van der Waals surface area contributed by atoms with Crippen LogP contribution in [0, 0.1) is 0 Å². The van der Waals surface area contributed by atoms with Crippen LogP contribution in [0.4, 0.5) is 18.9 Å². The Bertz CT molecular complexity index is 685. The SMILES string of the molecule is NC(=O)c1cccc(N)c1.O=C(O)c1cnc(C(F)(F)F)s1. The third-order valence-electron chi connectivity index (χ3n) is 2.13. The van der Waals surface area contributed by atoms with E-state index in [0.29, 0.717) is 17.4 Å². The normalized spacial score (nSPS) is 10.5. The van der Waals surface area contributed by atoms with Crippen molar-refractivity contribution in [1.29, 1.82) is 0 Å². The number of nitrogens with zero attached hydrogens (tertiary/aromatic N) is 1. The molecule has 5 N–H and O–H groups in total. The first kappa shape index (κ1) is 17.4. The summed E-state index contributed by atoms with van der Waals surface area (Å²) in [7, 11) is 0. The highest BCUT2D eigenvalue weighted by Gasteiger charge is 2.35. The van der Waals surface area contributed by atoms with Crippen LogP contribution < -0.4 is 11.5 Å². The number of anilines is 1. The molecule has 0 aliphatic heterocycles.